The highest BCUT2D eigenvalue weighted by atomic mass is 35.5. The van der Waals surface area contributed by atoms with Crippen molar-refractivity contribution in [2.24, 2.45) is 5.10 Å². The Bertz CT molecular complexity index is 745. The molecule has 0 fully saturated rings. The molecule has 2 aromatic carbocycles. The molecule has 1 amide bonds. The zero-order valence-electron chi connectivity index (χ0n) is 13.2. The van der Waals surface area contributed by atoms with Crippen LogP contribution in [0.15, 0.2) is 47.6 Å². The minimum Gasteiger partial charge on any atom is -0.504 e. The molecule has 2 N–H and O–H groups in total. The number of hydrogen-bond donors (Lipinski definition) is 2. The Hall–Kier alpha value is -2.73. The topological polar surface area (TPSA) is 80.2 Å². The molecule has 0 spiro atoms. The van der Waals surface area contributed by atoms with E-state index in [4.69, 9.17) is 21.1 Å². The van der Waals surface area contributed by atoms with Crippen molar-refractivity contribution in [1.82, 2.24) is 5.43 Å². The summed E-state index contributed by atoms with van der Waals surface area (Å²) in [5, 5.41) is 14.2. The summed E-state index contributed by atoms with van der Waals surface area (Å²) in [4.78, 5) is 11.8. The van der Waals surface area contributed by atoms with Crippen molar-refractivity contribution < 1.29 is 19.4 Å². The molecular weight excluding hydrogens is 332 g/mol. The number of aromatic hydroxyl groups is 1. The van der Waals surface area contributed by atoms with Crippen LogP contribution in [0.5, 0.6) is 17.2 Å². The van der Waals surface area contributed by atoms with E-state index in [1.165, 1.54) is 13.2 Å². The molecule has 6 nitrogen and oxygen atoms in total. The quantitative estimate of drug-likeness (QED) is 0.621. The fourth-order valence-electron chi connectivity index (χ4n) is 1.83. The van der Waals surface area contributed by atoms with Gasteiger partial charge in [0.25, 0.3) is 5.91 Å². The zero-order chi connectivity index (χ0) is 17.5. The molecule has 126 valence electrons. The number of carbonyl (C=O) groups excluding carboxylic acids is 1. The smallest absolute Gasteiger partial charge is 0.277 e. The van der Waals surface area contributed by atoms with Crippen LogP contribution in [0.4, 0.5) is 0 Å². The molecule has 0 aliphatic heterocycles. The average Bonchev–Trinajstić information content (AvgIpc) is 2.59. The van der Waals surface area contributed by atoms with Gasteiger partial charge in [0.1, 0.15) is 5.75 Å². The number of rotatable bonds is 6. The highest BCUT2D eigenvalue weighted by Gasteiger charge is 2.06. The van der Waals surface area contributed by atoms with Gasteiger partial charge in [0.05, 0.1) is 12.8 Å². The van der Waals surface area contributed by atoms with Gasteiger partial charge in [-0.3, -0.25) is 4.79 Å². The van der Waals surface area contributed by atoms with E-state index >= 15 is 0 Å². The highest BCUT2D eigenvalue weighted by molar-refractivity contribution is 6.30. The number of carbonyl (C=O) groups is 1. The molecule has 2 aromatic rings. The summed E-state index contributed by atoms with van der Waals surface area (Å²) in [7, 11) is 1.46. The number of hydrazone groups is 1. The van der Waals surface area contributed by atoms with Gasteiger partial charge in [-0.05, 0) is 49.4 Å². The van der Waals surface area contributed by atoms with E-state index in [0.29, 0.717) is 27.8 Å². The predicted molar refractivity (Wildman–Crippen MR) is 92.0 cm³/mol. The van der Waals surface area contributed by atoms with Crippen LogP contribution in [0, 0.1) is 0 Å². The first-order valence-corrected chi connectivity index (χ1v) is 7.46. The first kappa shape index (κ1) is 17.6. The van der Waals surface area contributed by atoms with Crippen molar-refractivity contribution in [2.45, 2.75) is 6.92 Å². The number of phenols is 1. The summed E-state index contributed by atoms with van der Waals surface area (Å²) in [5.74, 6) is 0.516. The highest BCUT2D eigenvalue weighted by Crippen LogP contribution is 2.26. The van der Waals surface area contributed by atoms with E-state index in [2.05, 4.69) is 10.5 Å². The maximum absolute atomic E-state index is 11.8. The minimum atomic E-state index is -0.393. The van der Waals surface area contributed by atoms with Crippen LogP contribution in [0.25, 0.3) is 0 Å². The summed E-state index contributed by atoms with van der Waals surface area (Å²) in [6, 6.07) is 11.5. The molecule has 0 saturated heterocycles. The van der Waals surface area contributed by atoms with Crippen LogP contribution < -0.4 is 14.9 Å². The van der Waals surface area contributed by atoms with Gasteiger partial charge >= 0.3 is 0 Å². The van der Waals surface area contributed by atoms with Crippen molar-refractivity contribution >= 4 is 23.2 Å². The van der Waals surface area contributed by atoms with Crippen molar-refractivity contribution in [2.75, 3.05) is 13.7 Å². The first-order valence-electron chi connectivity index (χ1n) is 7.08. The number of amides is 1. The molecule has 0 aromatic heterocycles. The molecule has 0 aliphatic rings. The van der Waals surface area contributed by atoms with Gasteiger partial charge in [-0.2, -0.15) is 5.10 Å². The molecule has 0 saturated carbocycles. The fraction of sp³-hybridized carbons (Fsp3) is 0.176. The Morgan fingerprint density at radius 1 is 1.25 bits per heavy atom. The lowest BCUT2D eigenvalue weighted by molar-refractivity contribution is -0.123. The number of methoxy groups -OCH3 is 1. The van der Waals surface area contributed by atoms with Crippen LogP contribution in [0.2, 0.25) is 5.02 Å². The number of hydrogen-bond acceptors (Lipinski definition) is 5. The van der Waals surface area contributed by atoms with Gasteiger partial charge < -0.3 is 14.6 Å². The zero-order valence-corrected chi connectivity index (χ0v) is 14.0. The van der Waals surface area contributed by atoms with Crippen molar-refractivity contribution in [1.29, 1.82) is 0 Å². The molecule has 0 aliphatic carbocycles. The van der Waals surface area contributed by atoms with E-state index in [0.717, 1.165) is 0 Å². The normalized spacial score (nSPS) is 11.0. The van der Waals surface area contributed by atoms with Gasteiger partial charge in [-0.15, -0.1) is 0 Å². The van der Waals surface area contributed by atoms with Crippen LogP contribution in [-0.2, 0) is 4.79 Å². The molecule has 0 unspecified atom stereocenters. The Morgan fingerprint density at radius 2 is 1.96 bits per heavy atom. The van der Waals surface area contributed by atoms with E-state index in [-0.39, 0.29) is 12.4 Å². The molecule has 24 heavy (non-hydrogen) atoms. The second kappa shape index (κ2) is 8.21. The van der Waals surface area contributed by atoms with E-state index < -0.39 is 5.91 Å². The fourth-order valence-corrected chi connectivity index (χ4v) is 1.95. The lowest BCUT2D eigenvalue weighted by atomic mass is 10.1. The summed E-state index contributed by atoms with van der Waals surface area (Å²) in [6.45, 7) is 1.56. The van der Waals surface area contributed by atoms with Crippen LogP contribution in [0.1, 0.15) is 12.5 Å². The van der Waals surface area contributed by atoms with Crippen molar-refractivity contribution in [3.63, 3.8) is 0 Å². The standard InChI is InChI=1S/C17H17ClN2O4/c1-11(12-3-8-15(21)16(9-12)23-2)19-20-17(22)10-24-14-6-4-13(18)5-7-14/h3-9,21H,10H2,1-2H3,(H,20,22). The summed E-state index contributed by atoms with van der Waals surface area (Å²) < 4.78 is 10.4. The summed E-state index contributed by atoms with van der Waals surface area (Å²) in [5.41, 5.74) is 3.68. The maximum Gasteiger partial charge on any atom is 0.277 e. The van der Waals surface area contributed by atoms with Crippen LogP contribution in [0.3, 0.4) is 0 Å². The lowest BCUT2D eigenvalue weighted by Gasteiger charge is -2.07. The maximum atomic E-state index is 11.8. The third-order valence-corrected chi connectivity index (χ3v) is 3.38. The van der Waals surface area contributed by atoms with Gasteiger partial charge in [0.15, 0.2) is 18.1 Å². The molecule has 0 atom stereocenters. The first-order chi connectivity index (χ1) is 11.5. The second-order valence-corrected chi connectivity index (χ2v) is 5.30. The lowest BCUT2D eigenvalue weighted by Crippen LogP contribution is -2.25. The molecule has 0 radical (unpaired) electrons. The largest absolute Gasteiger partial charge is 0.504 e. The Balaban J connectivity index is 1.91. The number of phenolic OH excluding ortho intramolecular Hbond substituents is 1. The van der Waals surface area contributed by atoms with Gasteiger partial charge in [-0.1, -0.05) is 11.6 Å². The van der Waals surface area contributed by atoms with E-state index in [1.54, 1.807) is 43.3 Å². The Morgan fingerprint density at radius 3 is 2.62 bits per heavy atom. The Kier molecular flexibility index (Phi) is 6.03. The molecule has 7 heteroatoms. The summed E-state index contributed by atoms with van der Waals surface area (Å²) in [6.07, 6.45) is 0. The monoisotopic (exact) mass is 348 g/mol. The van der Waals surface area contributed by atoms with Crippen LogP contribution in [-0.4, -0.2) is 30.4 Å². The predicted octanol–water partition coefficient (Wildman–Crippen LogP) is 2.97. The number of nitrogens with one attached hydrogen (secondary N) is 1. The molecular formula is C17H17ClN2O4. The van der Waals surface area contributed by atoms with Gasteiger partial charge in [0, 0.05) is 10.6 Å². The number of ether oxygens (including phenoxy) is 2. The van der Waals surface area contributed by atoms with Crippen molar-refractivity contribution in [3.05, 3.63) is 53.1 Å². The second-order valence-electron chi connectivity index (χ2n) is 4.86. The molecule has 0 heterocycles. The molecule has 0 bridgehead atoms. The SMILES string of the molecule is COc1cc(C(C)=NNC(=O)COc2ccc(Cl)cc2)ccc1O. The number of benzene rings is 2. The van der Waals surface area contributed by atoms with Crippen molar-refractivity contribution in [3.8, 4) is 17.2 Å². The van der Waals surface area contributed by atoms with Crippen LogP contribution >= 0.6 is 11.6 Å². The third-order valence-electron chi connectivity index (χ3n) is 3.13. The van der Waals surface area contributed by atoms with Gasteiger partial charge in [-0.25, -0.2) is 5.43 Å². The Labute approximate surface area is 144 Å². The number of halogens is 1. The summed E-state index contributed by atoms with van der Waals surface area (Å²) >= 11 is 5.77. The van der Waals surface area contributed by atoms with E-state index in [9.17, 15) is 9.90 Å². The third kappa shape index (κ3) is 4.89. The molecule has 2 rings (SSSR count). The number of nitrogens with zero attached hydrogens (tertiary/aromatic N) is 1. The average molecular weight is 349 g/mol. The van der Waals surface area contributed by atoms with E-state index in [1.807, 2.05) is 0 Å². The minimum absolute atomic E-state index is 0.0365. The van der Waals surface area contributed by atoms with Gasteiger partial charge in [0.2, 0.25) is 0 Å².